The van der Waals surface area contributed by atoms with Gasteiger partial charge in [-0.1, -0.05) is 0 Å². The molecule has 2 fully saturated rings. The number of amides is 1. The number of carboxylic acids is 1. The van der Waals surface area contributed by atoms with Crippen molar-refractivity contribution in [1.82, 2.24) is 5.32 Å². The van der Waals surface area contributed by atoms with Gasteiger partial charge in [-0.3, -0.25) is 9.59 Å². The number of thioether (sulfide) groups is 2. The van der Waals surface area contributed by atoms with Gasteiger partial charge in [0.05, 0.1) is 5.92 Å². The molecule has 2 aliphatic rings. The molecule has 0 bridgehead atoms. The van der Waals surface area contributed by atoms with Crippen LogP contribution in [0.4, 0.5) is 0 Å². The molecule has 1 aliphatic heterocycles. The van der Waals surface area contributed by atoms with E-state index in [0.29, 0.717) is 18.1 Å². The van der Waals surface area contributed by atoms with E-state index in [9.17, 15) is 9.59 Å². The smallest absolute Gasteiger partial charge is 0.306 e. The molecule has 18 heavy (non-hydrogen) atoms. The SMILES string of the molecule is O=C(O)[C@H]1CC[C@@H](C(=O)NCC2CSCCS2)C1. The van der Waals surface area contributed by atoms with Crippen molar-refractivity contribution in [2.45, 2.75) is 24.5 Å². The summed E-state index contributed by atoms with van der Waals surface area (Å²) in [6.45, 7) is 0.727. The summed E-state index contributed by atoms with van der Waals surface area (Å²) in [4.78, 5) is 22.8. The van der Waals surface area contributed by atoms with Crippen molar-refractivity contribution >= 4 is 35.4 Å². The predicted molar refractivity (Wildman–Crippen MR) is 75.0 cm³/mol. The summed E-state index contributed by atoms with van der Waals surface area (Å²) in [5.41, 5.74) is 0. The van der Waals surface area contributed by atoms with E-state index in [1.54, 1.807) is 0 Å². The summed E-state index contributed by atoms with van der Waals surface area (Å²) in [5, 5.41) is 12.4. The molecule has 3 atom stereocenters. The number of hydrogen-bond acceptors (Lipinski definition) is 4. The van der Waals surface area contributed by atoms with Gasteiger partial charge in [-0.05, 0) is 19.3 Å². The third-order valence-electron chi connectivity index (χ3n) is 3.54. The molecular formula is C12H19NO3S2. The summed E-state index contributed by atoms with van der Waals surface area (Å²) in [6.07, 6.45) is 1.87. The molecule has 1 amide bonds. The molecule has 102 valence electrons. The van der Waals surface area contributed by atoms with E-state index in [-0.39, 0.29) is 17.7 Å². The molecule has 0 spiro atoms. The molecule has 0 aromatic carbocycles. The van der Waals surface area contributed by atoms with Gasteiger partial charge in [0.2, 0.25) is 5.91 Å². The Bertz CT molecular complexity index is 318. The van der Waals surface area contributed by atoms with Crippen molar-refractivity contribution in [3.63, 3.8) is 0 Å². The van der Waals surface area contributed by atoms with Gasteiger partial charge in [0.15, 0.2) is 0 Å². The Morgan fingerprint density at radius 3 is 2.61 bits per heavy atom. The van der Waals surface area contributed by atoms with Crippen LogP contribution in [0.3, 0.4) is 0 Å². The molecule has 1 saturated carbocycles. The summed E-state index contributed by atoms with van der Waals surface area (Å²) in [5.74, 6) is 2.35. The Morgan fingerprint density at radius 1 is 1.22 bits per heavy atom. The molecule has 1 unspecified atom stereocenters. The molecule has 4 nitrogen and oxygen atoms in total. The second-order valence-corrected chi connectivity index (χ2v) is 7.42. The highest BCUT2D eigenvalue weighted by Crippen LogP contribution is 2.31. The molecule has 6 heteroatoms. The first-order chi connectivity index (χ1) is 8.66. The summed E-state index contributed by atoms with van der Waals surface area (Å²) < 4.78 is 0. The van der Waals surface area contributed by atoms with E-state index in [2.05, 4.69) is 5.32 Å². The number of carboxylic acid groups (broad SMARTS) is 1. The average molecular weight is 289 g/mol. The number of carbonyl (C=O) groups is 2. The van der Waals surface area contributed by atoms with Crippen molar-refractivity contribution in [3.8, 4) is 0 Å². The zero-order valence-electron chi connectivity index (χ0n) is 10.3. The van der Waals surface area contributed by atoms with Crippen LogP contribution in [0.2, 0.25) is 0 Å². The first kappa shape index (κ1) is 14.1. The fourth-order valence-corrected chi connectivity index (χ4v) is 5.07. The lowest BCUT2D eigenvalue weighted by atomic mass is 10.0. The summed E-state index contributed by atoms with van der Waals surface area (Å²) in [7, 11) is 0. The third kappa shape index (κ3) is 3.82. The maximum Gasteiger partial charge on any atom is 0.306 e. The van der Waals surface area contributed by atoms with Gasteiger partial charge >= 0.3 is 5.97 Å². The molecule has 0 aromatic heterocycles. The summed E-state index contributed by atoms with van der Waals surface area (Å²) >= 11 is 3.86. The topological polar surface area (TPSA) is 66.4 Å². The van der Waals surface area contributed by atoms with Crippen LogP contribution in [0.15, 0.2) is 0 Å². The van der Waals surface area contributed by atoms with E-state index in [1.807, 2.05) is 23.5 Å². The van der Waals surface area contributed by atoms with Crippen molar-refractivity contribution in [2.24, 2.45) is 11.8 Å². The highest BCUT2D eigenvalue weighted by atomic mass is 32.2. The maximum absolute atomic E-state index is 11.9. The molecule has 0 aromatic rings. The lowest BCUT2D eigenvalue weighted by Crippen LogP contribution is -2.36. The molecule has 1 heterocycles. The highest BCUT2D eigenvalue weighted by molar-refractivity contribution is 8.06. The molecule has 1 saturated heterocycles. The predicted octanol–water partition coefficient (Wildman–Crippen LogP) is 1.45. The minimum absolute atomic E-state index is 0.0509. The second kappa shape index (κ2) is 6.70. The normalized spacial score (nSPS) is 32.1. The monoisotopic (exact) mass is 289 g/mol. The van der Waals surface area contributed by atoms with Crippen LogP contribution in [-0.2, 0) is 9.59 Å². The van der Waals surface area contributed by atoms with Crippen molar-refractivity contribution < 1.29 is 14.7 Å². The van der Waals surface area contributed by atoms with Crippen LogP contribution in [-0.4, -0.2) is 46.0 Å². The van der Waals surface area contributed by atoms with Gasteiger partial charge < -0.3 is 10.4 Å². The number of carbonyl (C=O) groups excluding carboxylic acids is 1. The molecule has 0 radical (unpaired) electrons. The maximum atomic E-state index is 11.9. The number of aliphatic carboxylic acids is 1. The second-order valence-electron chi connectivity index (χ2n) is 4.86. The lowest BCUT2D eigenvalue weighted by Gasteiger charge is -2.22. The fourth-order valence-electron chi connectivity index (χ4n) is 2.46. The molecule has 2 rings (SSSR count). The van der Waals surface area contributed by atoms with E-state index < -0.39 is 5.97 Å². The van der Waals surface area contributed by atoms with Crippen molar-refractivity contribution in [3.05, 3.63) is 0 Å². The number of nitrogens with one attached hydrogen (secondary N) is 1. The quantitative estimate of drug-likeness (QED) is 0.820. The van der Waals surface area contributed by atoms with Crippen molar-refractivity contribution in [2.75, 3.05) is 23.8 Å². The van der Waals surface area contributed by atoms with Gasteiger partial charge in [-0.25, -0.2) is 0 Å². The van der Waals surface area contributed by atoms with Gasteiger partial charge in [0.1, 0.15) is 0 Å². The minimum Gasteiger partial charge on any atom is -0.481 e. The fraction of sp³-hybridized carbons (Fsp3) is 0.833. The Labute approximate surface area is 116 Å². The van der Waals surface area contributed by atoms with Crippen LogP contribution in [0.5, 0.6) is 0 Å². The lowest BCUT2D eigenvalue weighted by molar-refractivity contribution is -0.141. The van der Waals surface area contributed by atoms with Crippen LogP contribution >= 0.6 is 23.5 Å². The average Bonchev–Trinajstić information content (AvgIpc) is 2.87. The Hall–Kier alpha value is -0.360. The van der Waals surface area contributed by atoms with Gasteiger partial charge in [0, 0.05) is 35.0 Å². The van der Waals surface area contributed by atoms with Crippen LogP contribution in [0.25, 0.3) is 0 Å². The van der Waals surface area contributed by atoms with E-state index in [4.69, 9.17) is 5.11 Å². The molecule has 1 aliphatic carbocycles. The highest BCUT2D eigenvalue weighted by Gasteiger charge is 2.33. The summed E-state index contributed by atoms with van der Waals surface area (Å²) in [6, 6.07) is 0. The molecular weight excluding hydrogens is 270 g/mol. The van der Waals surface area contributed by atoms with Crippen molar-refractivity contribution in [1.29, 1.82) is 0 Å². The van der Waals surface area contributed by atoms with Gasteiger partial charge in [-0.15, -0.1) is 0 Å². The zero-order valence-corrected chi connectivity index (χ0v) is 11.9. The largest absolute Gasteiger partial charge is 0.481 e. The van der Waals surface area contributed by atoms with Crippen LogP contribution in [0, 0.1) is 11.8 Å². The van der Waals surface area contributed by atoms with E-state index in [0.717, 1.165) is 24.5 Å². The standard InChI is InChI=1S/C12H19NO3S2/c14-11(8-1-2-9(5-8)12(15)16)13-6-10-7-17-3-4-18-10/h8-10H,1-7H2,(H,13,14)(H,15,16)/t8-,9+,10?/m1/s1. The Morgan fingerprint density at radius 2 is 2.00 bits per heavy atom. The Kier molecular flexibility index (Phi) is 5.24. The van der Waals surface area contributed by atoms with E-state index in [1.165, 1.54) is 5.75 Å². The number of hydrogen-bond donors (Lipinski definition) is 2. The van der Waals surface area contributed by atoms with Crippen LogP contribution < -0.4 is 5.32 Å². The minimum atomic E-state index is -0.760. The molecule has 2 N–H and O–H groups in total. The first-order valence-corrected chi connectivity index (χ1v) is 8.57. The Balaban J connectivity index is 1.70. The number of rotatable bonds is 4. The van der Waals surface area contributed by atoms with Gasteiger partial charge in [-0.2, -0.15) is 23.5 Å². The van der Waals surface area contributed by atoms with Gasteiger partial charge in [0.25, 0.3) is 0 Å². The van der Waals surface area contributed by atoms with Crippen LogP contribution in [0.1, 0.15) is 19.3 Å². The first-order valence-electron chi connectivity index (χ1n) is 6.36. The van der Waals surface area contributed by atoms with E-state index >= 15 is 0 Å². The zero-order chi connectivity index (χ0) is 13.0. The third-order valence-corrected chi connectivity index (χ3v) is 6.39.